The average molecular weight is 1520 g/mol. The van der Waals surface area contributed by atoms with E-state index in [4.69, 9.17) is 97.7 Å². The van der Waals surface area contributed by atoms with Crippen LogP contribution in [0.15, 0.2) is 0 Å². The molecule has 6 aliphatic rings. The summed E-state index contributed by atoms with van der Waals surface area (Å²) in [5.41, 5.74) is 0. The lowest BCUT2D eigenvalue weighted by molar-refractivity contribution is -0.437. The molecule has 6 heterocycles. The van der Waals surface area contributed by atoms with Gasteiger partial charge in [0.25, 0.3) is 0 Å². The van der Waals surface area contributed by atoms with Crippen molar-refractivity contribution < 1.29 is 198 Å². The predicted molar refractivity (Wildman–Crippen MR) is 294 cm³/mol. The van der Waals surface area contributed by atoms with Crippen molar-refractivity contribution in [1.82, 2.24) is 16.0 Å². The largest absolute Gasteiger partial charge is 0.397 e. The summed E-state index contributed by atoms with van der Waals surface area (Å²) in [6.45, 7) is -3.65. The molecule has 0 radical (unpaired) electrons. The van der Waals surface area contributed by atoms with Gasteiger partial charge in [-0.15, -0.1) is 17.3 Å². The number of nitrogens with one attached hydrogen (secondary N) is 3. The molecule has 0 aromatic heterocycles. The van der Waals surface area contributed by atoms with Crippen molar-refractivity contribution in [3.05, 3.63) is 0 Å². The predicted octanol–water partition coefficient (Wildman–Crippen LogP) is -2.11. The maximum absolute atomic E-state index is 13.8. The minimum Gasteiger partial charge on any atom is -0.382 e. The Balaban J connectivity index is 1.43. The number of thioether (sulfide) groups is 1. The van der Waals surface area contributed by atoms with Crippen LogP contribution in [0.3, 0.4) is 0 Å². The van der Waals surface area contributed by atoms with Crippen LogP contribution in [-0.2, 0) is 160 Å². The minimum atomic E-state index is -5.89. The van der Waals surface area contributed by atoms with Gasteiger partial charge in [-0.1, -0.05) is 26.6 Å². The maximum Gasteiger partial charge on any atom is 0.397 e. The van der Waals surface area contributed by atoms with Crippen molar-refractivity contribution in [3.63, 3.8) is 0 Å². The summed E-state index contributed by atoms with van der Waals surface area (Å²) in [5.74, 6) is 0.124. The molecule has 6 fully saturated rings. The van der Waals surface area contributed by atoms with Crippen molar-refractivity contribution >= 4 is 104 Å². The molecule has 6 saturated heterocycles. The Morgan fingerprint density at radius 2 is 1.00 bits per heavy atom. The fraction of sp³-hybridized carbons (Fsp3) is 0.949. The number of aliphatic hydroxyl groups is 1. The number of hydrogen-bond acceptors (Lipinski definition) is 45. The maximum atomic E-state index is 13.8. The summed E-state index contributed by atoms with van der Waals surface area (Å²) in [6.07, 6.45) is -36.2. The summed E-state index contributed by atoms with van der Waals surface area (Å²) in [4.78, 5) is 25.8. The number of amides is 3. The van der Waals surface area contributed by atoms with Crippen LogP contribution in [0, 0.1) is 0 Å². The topological polar surface area (TPSA) is 584 Å². The molecule has 11 N–H and O–H groups in total. The van der Waals surface area contributed by atoms with Gasteiger partial charge in [-0.3, -0.25) is 35.2 Å². The fourth-order valence-corrected chi connectivity index (χ4v) is 14.5. The molecule has 3 amide bonds. The van der Waals surface area contributed by atoms with E-state index in [2.05, 4.69) is 57.6 Å². The molecule has 0 aromatic rings. The molecule has 0 spiro atoms. The van der Waals surface area contributed by atoms with Gasteiger partial charge in [-0.2, -0.15) is 37.0 Å². The van der Waals surface area contributed by atoms with E-state index in [0.29, 0.717) is 25.0 Å². The Morgan fingerprint density at radius 1 is 0.548 bits per heavy atom. The van der Waals surface area contributed by atoms with Crippen LogP contribution in [0.1, 0.15) is 25.7 Å². The van der Waals surface area contributed by atoms with E-state index in [-0.39, 0.29) is 73.4 Å². The minimum absolute atomic E-state index is 0.0490. The number of aliphatic hydroxyl groups excluding tert-OH is 1. The van der Waals surface area contributed by atoms with Crippen LogP contribution in [0.2, 0.25) is 0 Å². The van der Waals surface area contributed by atoms with E-state index in [1.807, 2.05) is 0 Å². The number of urea groups is 1. The number of fused-ring (bicyclic) bond motifs is 1. The van der Waals surface area contributed by atoms with E-state index >= 15 is 0 Å². The third kappa shape index (κ3) is 24.3. The molecule has 0 aromatic carbocycles. The lowest BCUT2D eigenvalue weighted by atomic mass is 9.95. The molecule has 0 bridgehead atoms. The molecule has 11 unspecified atom stereocenters. The second-order valence-corrected chi connectivity index (χ2v) is 25.8. The summed E-state index contributed by atoms with van der Waals surface area (Å²) >= 11 is 0.467. The van der Waals surface area contributed by atoms with Crippen molar-refractivity contribution in [2.45, 2.75) is 166 Å². The van der Waals surface area contributed by atoms with Crippen LogP contribution in [0.4, 0.5) is 4.79 Å². The van der Waals surface area contributed by atoms with Crippen LogP contribution in [0.5, 0.6) is 0 Å². The Bertz CT molecular complexity index is 2570. The second kappa shape index (κ2) is 39.8. The first kappa shape index (κ1) is 80.9. The molecule has 23 atom stereocenters. The molecular weight excluding hydrogens is 1450 g/mol. The molecule has 93 heavy (non-hydrogen) atoms. The molecule has 6 aliphatic heterocycles. The Morgan fingerprint density at radius 3 is 1.52 bits per heavy atom. The molecule has 0 saturated carbocycles. The number of ether oxygens (including phenoxy) is 12. The highest BCUT2D eigenvalue weighted by atomic mass is 32.3. The average Bonchev–Trinajstić information content (AvgIpc) is 1.52. The van der Waals surface area contributed by atoms with Crippen molar-refractivity contribution in [1.29, 1.82) is 0 Å². The van der Waals surface area contributed by atoms with Crippen LogP contribution >= 0.6 is 61.1 Å². The van der Waals surface area contributed by atoms with Gasteiger partial charge in [0.15, 0.2) is 86.7 Å². The van der Waals surface area contributed by atoms with Gasteiger partial charge in [0, 0.05) is 59.5 Å². The van der Waals surface area contributed by atoms with E-state index in [9.17, 15) is 58.9 Å². The van der Waals surface area contributed by atoms with E-state index in [1.54, 1.807) is 11.8 Å². The Labute approximate surface area is 549 Å². The summed E-state index contributed by atoms with van der Waals surface area (Å²) < 4.78 is 231. The summed E-state index contributed by atoms with van der Waals surface area (Å²) in [5, 5.41) is 69.6. The van der Waals surface area contributed by atoms with Gasteiger partial charge in [-0.05, 0) is 12.8 Å². The third-order valence-corrected chi connectivity index (χ3v) is 18.6. The van der Waals surface area contributed by atoms with Crippen LogP contribution < -0.4 is 16.0 Å². The van der Waals surface area contributed by atoms with E-state index in [0.717, 1.165) is 14.2 Å². The number of carbonyl (C=O) groups excluding carboxylic acids is 2. The van der Waals surface area contributed by atoms with E-state index in [1.165, 1.54) is 21.3 Å². The molecule has 46 nitrogen and oxygen atoms in total. The fourth-order valence-electron chi connectivity index (χ4n) is 10.4. The van der Waals surface area contributed by atoms with Crippen molar-refractivity contribution in [3.8, 4) is 0 Å². The zero-order chi connectivity index (χ0) is 68.0. The SMILES string of the molecule is COCC1O[C@@H](O)C(OC)[C@@H](OC)[C@@H]1O[C@@H]1OC(CNC(=O)CCCCC2SCC3NC(=O)NC32)[C@@H](O[C@@H]2O[C@@H](COS(=O)(=O)O)[C@@H](O[C@H]3O[C@@H](COS(=O)(=O)O)[C@@H](OSOOO)C(OSOOO)C3OSOOO)C(OSOOO)C2OS(=O)(=O)O)[C@H](OC)C1OC. The van der Waals surface area contributed by atoms with Gasteiger partial charge in [0.2, 0.25) is 5.91 Å². The zero-order valence-corrected chi connectivity index (χ0v) is 54.8. The first-order chi connectivity index (χ1) is 44.4. The van der Waals surface area contributed by atoms with Gasteiger partial charge >= 0.3 is 37.2 Å². The first-order valence-corrected chi connectivity index (χ1v) is 34.1. The van der Waals surface area contributed by atoms with Crippen molar-refractivity contribution in [2.75, 3.05) is 67.7 Å². The number of rotatable bonds is 43. The quantitative estimate of drug-likeness (QED) is 0.00777. The smallest absolute Gasteiger partial charge is 0.382 e. The monoisotopic (exact) mass is 1520 g/mol. The van der Waals surface area contributed by atoms with Gasteiger partial charge in [-0.25, -0.2) is 38.4 Å². The number of methoxy groups -OCH3 is 5. The second-order valence-electron chi connectivity index (χ2n) is 19.4. The molecular formula is C39H67N3O43S8. The Hall–Kier alpha value is -1.06. The standard InChI is InChI=1S/C39H67N3O43S8/c1-59-11-17-24(27(60-2)31(62-4)35(44)66-17)71-36-32(63-5)28(61-3)23(16(67-36)10-40-21(43)9-7-6-8-20-22-15(14-86-20)41-39(45)42-22)70-38-34(77-93(56,57)58)29(74-88-83-79-47)25(18(68-38)12-64-91(50,51)52)72-37-33(76-90-85-81-49)30(75-89-84-80-48)26(73-87-82-78-46)19(69-37)13-65-92(53,54)55/h15-20,22-38,44,46-49H,6-14H2,1-5H3,(H,40,43)(H2,41,42,45)(H,50,51,52)(H,53,54,55)(H,56,57,58)/t15?,16?,17?,18-,19-,20?,22?,23+,24+,25+,26+,27-,28-,29?,30?,31?,32?,33?,34?,35+,36-,37+,38-/m0/s1. The molecule has 544 valence electrons. The zero-order valence-electron chi connectivity index (χ0n) is 48.3. The van der Waals surface area contributed by atoms with Gasteiger partial charge in [0.1, 0.15) is 85.5 Å². The lowest BCUT2D eigenvalue weighted by Gasteiger charge is -2.51. The molecule has 54 heteroatoms. The summed E-state index contributed by atoms with van der Waals surface area (Å²) in [6, 6.07) is -0.433. The van der Waals surface area contributed by atoms with E-state index < -0.39 is 192 Å². The van der Waals surface area contributed by atoms with Crippen molar-refractivity contribution in [2.24, 2.45) is 0 Å². The number of unbranched alkanes of at least 4 members (excludes halogenated alkanes) is 1. The van der Waals surface area contributed by atoms with Crippen LogP contribution in [0.25, 0.3) is 0 Å². The normalized spacial score (nSPS) is 35.9. The van der Waals surface area contributed by atoms with Gasteiger partial charge in [0.05, 0.1) is 31.9 Å². The Kier molecular flexibility index (Phi) is 34.6. The highest BCUT2D eigenvalue weighted by Gasteiger charge is 2.60. The molecule has 0 aliphatic carbocycles. The van der Waals surface area contributed by atoms with Crippen LogP contribution in [-0.4, -0.2) is 285 Å². The first-order valence-electron chi connectivity index (χ1n) is 26.3. The third-order valence-electron chi connectivity index (χ3n) is 14.1. The number of carbonyl (C=O) groups is 2. The highest BCUT2D eigenvalue weighted by molar-refractivity contribution is 8.00. The lowest BCUT2D eigenvalue weighted by Crippen LogP contribution is -2.69. The highest BCUT2D eigenvalue weighted by Crippen LogP contribution is 2.42. The summed E-state index contributed by atoms with van der Waals surface area (Å²) in [7, 11) is -10.8. The number of hydrogen-bond donors (Lipinski definition) is 11. The van der Waals surface area contributed by atoms with Gasteiger partial charge < -0.3 is 77.9 Å². The molecule has 6 rings (SSSR count).